The van der Waals surface area contributed by atoms with Crippen molar-refractivity contribution in [1.82, 2.24) is 0 Å². The van der Waals surface area contributed by atoms with Crippen LogP contribution in [0.25, 0.3) is 10.8 Å². The Morgan fingerprint density at radius 2 is 1.61 bits per heavy atom. The van der Waals surface area contributed by atoms with E-state index in [-0.39, 0.29) is 75.6 Å². The number of azo groups is 1. The molecule has 3 aromatic rings. The molecule has 0 atom stereocenters. The molecule has 0 fully saturated rings. The van der Waals surface area contributed by atoms with Gasteiger partial charge >= 0.3 is 59.1 Å². The Kier molecular flexibility index (Phi) is 9.66. The molecular weight excluding hydrogens is 470 g/mol. The van der Waals surface area contributed by atoms with Gasteiger partial charge in [0.05, 0.1) is 17.7 Å². The van der Waals surface area contributed by atoms with Gasteiger partial charge in [-0.25, -0.2) is 8.42 Å². The Hall–Kier alpha value is -1.06. The van der Waals surface area contributed by atoms with Gasteiger partial charge in [-0.2, -0.15) is 8.42 Å². The minimum atomic E-state index is -4.93. The molecular formula is C17H12N2Na2O8S2. The van der Waals surface area contributed by atoms with Gasteiger partial charge < -0.3 is 14.4 Å². The number of nitrogens with zero attached hydrogens (tertiary/aromatic N) is 2. The van der Waals surface area contributed by atoms with E-state index in [1.54, 1.807) is 18.2 Å². The monoisotopic (exact) mass is 482 g/mol. The van der Waals surface area contributed by atoms with Gasteiger partial charge in [0.25, 0.3) is 10.1 Å². The molecule has 14 heteroatoms. The molecule has 10 nitrogen and oxygen atoms in total. The Bertz CT molecular complexity index is 1360. The number of fused-ring (bicyclic) bond motifs is 1. The zero-order valence-electron chi connectivity index (χ0n) is 16.6. The van der Waals surface area contributed by atoms with Crippen LogP contribution in [-0.4, -0.2) is 33.1 Å². The normalized spacial score (nSPS) is 11.7. The summed E-state index contributed by atoms with van der Waals surface area (Å²) >= 11 is 0. The molecule has 31 heavy (non-hydrogen) atoms. The molecule has 3 rings (SSSR count). The number of para-hydroxylation sites is 1. The summed E-state index contributed by atoms with van der Waals surface area (Å²) in [7, 11) is -8.38. The molecule has 0 aromatic heterocycles. The van der Waals surface area contributed by atoms with Crippen LogP contribution < -0.4 is 69.0 Å². The van der Waals surface area contributed by atoms with Crippen molar-refractivity contribution in [3.8, 4) is 11.5 Å². The Labute approximate surface area is 222 Å². The van der Waals surface area contributed by atoms with E-state index in [4.69, 9.17) is 4.74 Å². The first kappa shape index (κ1) is 28.0. The molecule has 0 heterocycles. The topological polar surface area (TPSA) is 169 Å². The summed E-state index contributed by atoms with van der Waals surface area (Å²) in [5, 5.41) is 20.0. The second-order valence-electron chi connectivity index (χ2n) is 5.74. The fourth-order valence-corrected chi connectivity index (χ4v) is 3.74. The molecule has 1 N–H and O–H groups in total. The first-order valence-electron chi connectivity index (χ1n) is 7.78. The van der Waals surface area contributed by atoms with Crippen molar-refractivity contribution >= 4 is 42.4 Å². The van der Waals surface area contributed by atoms with Gasteiger partial charge in [-0.15, -0.1) is 10.2 Å². The van der Waals surface area contributed by atoms with Crippen molar-refractivity contribution in [2.45, 2.75) is 9.79 Å². The zero-order valence-corrected chi connectivity index (χ0v) is 22.3. The Balaban J connectivity index is 0.00000240. The fraction of sp³-hybridized carbons (Fsp3) is 0.0588. The fourth-order valence-electron chi connectivity index (χ4n) is 2.58. The number of rotatable bonds is 5. The van der Waals surface area contributed by atoms with E-state index >= 15 is 0 Å². The third-order valence-corrected chi connectivity index (χ3v) is 5.61. The summed E-state index contributed by atoms with van der Waals surface area (Å²) in [5.74, 6) is -0.619. The van der Waals surface area contributed by atoms with Crippen LogP contribution in [0.3, 0.4) is 0 Å². The van der Waals surface area contributed by atoms with Crippen molar-refractivity contribution in [2.75, 3.05) is 7.11 Å². The van der Waals surface area contributed by atoms with E-state index in [0.717, 1.165) is 24.3 Å². The Morgan fingerprint density at radius 1 is 0.968 bits per heavy atom. The van der Waals surface area contributed by atoms with Gasteiger partial charge in [0.1, 0.15) is 26.5 Å². The minimum Gasteiger partial charge on any atom is -0.871 e. The molecule has 0 saturated carbocycles. The summed E-state index contributed by atoms with van der Waals surface area (Å²) < 4.78 is 71.7. The first-order chi connectivity index (χ1) is 13.5. The van der Waals surface area contributed by atoms with Gasteiger partial charge in [0, 0.05) is 0 Å². The van der Waals surface area contributed by atoms with Gasteiger partial charge in [-0.05, 0) is 41.1 Å². The number of hydrogen-bond acceptors (Lipinski definition) is 9. The number of hydrogen-bond donors (Lipinski definition) is 1. The molecule has 0 unspecified atom stereocenters. The van der Waals surface area contributed by atoms with E-state index in [1.165, 1.54) is 13.2 Å². The van der Waals surface area contributed by atoms with Crippen LogP contribution in [0.1, 0.15) is 0 Å². The van der Waals surface area contributed by atoms with E-state index in [2.05, 4.69) is 10.2 Å². The summed E-state index contributed by atoms with van der Waals surface area (Å²) in [5.41, 5.74) is -0.479. The summed E-state index contributed by atoms with van der Waals surface area (Å²) in [6.07, 6.45) is 0. The molecule has 0 spiro atoms. The van der Waals surface area contributed by atoms with Gasteiger partial charge in [0.2, 0.25) is 0 Å². The predicted octanol–water partition coefficient (Wildman–Crippen LogP) is -3.50. The molecule has 152 valence electrons. The SMILES string of the molecule is COc1ccccc1N=Nc1c(S(=O)(=O)O)cc2cc(S(=O)(=O)[O-])ccc2c1[O-].[Na+].[Na+]. The van der Waals surface area contributed by atoms with Crippen LogP contribution in [0, 0.1) is 0 Å². The third kappa shape index (κ3) is 6.26. The van der Waals surface area contributed by atoms with Gasteiger partial charge in [-0.1, -0.05) is 23.9 Å². The summed E-state index contributed by atoms with van der Waals surface area (Å²) in [4.78, 5) is -1.54. The molecule has 0 bridgehead atoms. The minimum absolute atomic E-state index is 0. The van der Waals surface area contributed by atoms with Gasteiger partial charge in [-0.3, -0.25) is 4.55 Å². The molecule has 0 saturated heterocycles. The average molecular weight is 482 g/mol. The summed E-state index contributed by atoms with van der Waals surface area (Å²) in [6.45, 7) is 0. The van der Waals surface area contributed by atoms with E-state index < -0.39 is 41.5 Å². The van der Waals surface area contributed by atoms with Crippen molar-refractivity contribution < 1.29 is 94.9 Å². The quantitative estimate of drug-likeness (QED) is 0.222. The number of ether oxygens (including phenoxy) is 1. The van der Waals surface area contributed by atoms with Crippen molar-refractivity contribution in [2.24, 2.45) is 10.2 Å². The molecule has 0 amide bonds. The first-order valence-corrected chi connectivity index (χ1v) is 10.6. The van der Waals surface area contributed by atoms with Crippen LogP contribution in [0.4, 0.5) is 11.4 Å². The second-order valence-corrected chi connectivity index (χ2v) is 8.51. The number of methoxy groups -OCH3 is 1. The standard InChI is InChI=1S/C17H14N2O8S2.2Na/c1-27-14-5-3-2-4-13(14)18-19-16-15(29(24,25)26)9-10-8-11(28(21,22)23)6-7-12(10)17(16)20;;/h2-9,20H,1H3,(H,21,22,23)(H,24,25,26);;/q;2*+1/p-2. The molecule has 0 aliphatic carbocycles. The predicted molar refractivity (Wildman–Crippen MR) is 98.3 cm³/mol. The van der Waals surface area contributed by atoms with Crippen molar-refractivity contribution in [3.05, 3.63) is 48.5 Å². The van der Waals surface area contributed by atoms with E-state index in [1.807, 2.05) is 0 Å². The van der Waals surface area contributed by atoms with Crippen LogP contribution >= 0.6 is 0 Å². The third-order valence-electron chi connectivity index (χ3n) is 3.91. The van der Waals surface area contributed by atoms with Crippen LogP contribution in [0.5, 0.6) is 11.5 Å². The Morgan fingerprint density at radius 3 is 2.19 bits per heavy atom. The smallest absolute Gasteiger partial charge is 0.871 e. The molecule has 0 aliphatic rings. The van der Waals surface area contributed by atoms with Crippen LogP contribution in [-0.2, 0) is 20.2 Å². The van der Waals surface area contributed by atoms with Gasteiger partial charge in [0.15, 0.2) is 0 Å². The molecule has 0 aliphatic heterocycles. The van der Waals surface area contributed by atoms with Crippen molar-refractivity contribution in [1.29, 1.82) is 0 Å². The summed E-state index contributed by atoms with van der Waals surface area (Å²) in [6, 6.07) is 10.0. The second kappa shape index (κ2) is 10.7. The van der Waals surface area contributed by atoms with Crippen molar-refractivity contribution in [3.63, 3.8) is 0 Å². The van der Waals surface area contributed by atoms with E-state index in [0.29, 0.717) is 5.75 Å². The zero-order chi connectivity index (χ0) is 21.4. The maximum atomic E-state index is 12.7. The maximum absolute atomic E-state index is 12.7. The molecule has 3 aromatic carbocycles. The maximum Gasteiger partial charge on any atom is 1.00 e. The average Bonchev–Trinajstić information content (AvgIpc) is 2.65. The van der Waals surface area contributed by atoms with E-state index in [9.17, 15) is 31.0 Å². The van der Waals surface area contributed by atoms with Crippen LogP contribution in [0.2, 0.25) is 0 Å². The largest absolute Gasteiger partial charge is 1.00 e. The van der Waals surface area contributed by atoms with Crippen LogP contribution in [0.15, 0.2) is 68.6 Å². The number of benzene rings is 3. The molecule has 0 radical (unpaired) electrons.